The lowest BCUT2D eigenvalue weighted by atomic mass is 10.0. The van der Waals surface area contributed by atoms with Crippen LogP contribution >= 0.6 is 11.6 Å². The summed E-state index contributed by atoms with van der Waals surface area (Å²) in [6.45, 7) is 5.40. The van der Waals surface area contributed by atoms with Gasteiger partial charge in [-0.05, 0) is 31.5 Å². The molecule has 1 aromatic rings. The molecule has 1 rings (SSSR count). The van der Waals surface area contributed by atoms with Crippen molar-refractivity contribution in [3.05, 3.63) is 28.8 Å². The van der Waals surface area contributed by atoms with Gasteiger partial charge in [0.25, 0.3) is 0 Å². The molecular formula is C14H22ClNO. The summed E-state index contributed by atoms with van der Waals surface area (Å²) in [7, 11) is 1.69. The Morgan fingerprint density at radius 2 is 2.06 bits per heavy atom. The third kappa shape index (κ3) is 4.21. The highest BCUT2D eigenvalue weighted by Crippen LogP contribution is 2.30. The van der Waals surface area contributed by atoms with E-state index >= 15 is 0 Å². The van der Waals surface area contributed by atoms with Crippen molar-refractivity contribution in [3.63, 3.8) is 0 Å². The Kier molecular flexibility index (Phi) is 6.38. The van der Waals surface area contributed by atoms with E-state index in [-0.39, 0.29) is 0 Å². The van der Waals surface area contributed by atoms with E-state index in [0.717, 1.165) is 36.6 Å². The molecular weight excluding hydrogens is 234 g/mol. The largest absolute Gasteiger partial charge is 0.496 e. The SMILES string of the molecule is CCCNC(CCC)c1ccc(Cl)cc1OC. The van der Waals surface area contributed by atoms with Crippen molar-refractivity contribution in [2.45, 2.75) is 39.2 Å². The lowest BCUT2D eigenvalue weighted by Crippen LogP contribution is -2.22. The van der Waals surface area contributed by atoms with E-state index in [2.05, 4.69) is 25.2 Å². The molecule has 0 saturated carbocycles. The molecule has 3 heteroatoms. The van der Waals surface area contributed by atoms with Crippen LogP contribution in [0.1, 0.15) is 44.7 Å². The first kappa shape index (κ1) is 14.3. The van der Waals surface area contributed by atoms with Crippen molar-refractivity contribution in [1.29, 1.82) is 0 Å². The van der Waals surface area contributed by atoms with Gasteiger partial charge in [0.15, 0.2) is 0 Å². The maximum Gasteiger partial charge on any atom is 0.125 e. The zero-order valence-electron chi connectivity index (χ0n) is 10.9. The molecule has 0 spiro atoms. The second-order valence-electron chi connectivity index (χ2n) is 4.18. The standard InChI is InChI=1S/C14H22ClNO/c1-4-6-13(16-9-5-2)12-8-7-11(15)10-14(12)17-3/h7-8,10,13,16H,4-6,9H2,1-3H3. The fraction of sp³-hybridized carbons (Fsp3) is 0.571. The quantitative estimate of drug-likeness (QED) is 0.789. The summed E-state index contributed by atoms with van der Waals surface area (Å²) in [5.41, 5.74) is 1.20. The van der Waals surface area contributed by atoms with Crippen LogP contribution in [0.5, 0.6) is 5.75 Å². The minimum atomic E-state index is 0.354. The van der Waals surface area contributed by atoms with Gasteiger partial charge in [-0.15, -0.1) is 0 Å². The number of ether oxygens (including phenoxy) is 1. The zero-order valence-corrected chi connectivity index (χ0v) is 11.7. The summed E-state index contributed by atoms with van der Waals surface area (Å²) in [6.07, 6.45) is 3.39. The summed E-state index contributed by atoms with van der Waals surface area (Å²) in [5, 5.41) is 4.28. The Bertz CT molecular complexity index is 341. The van der Waals surface area contributed by atoms with Crippen molar-refractivity contribution >= 4 is 11.6 Å². The molecule has 1 unspecified atom stereocenters. The molecule has 0 aliphatic heterocycles. The molecule has 0 aromatic heterocycles. The Balaban J connectivity index is 2.91. The van der Waals surface area contributed by atoms with Crippen LogP contribution in [0.4, 0.5) is 0 Å². The van der Waals surface area contributed by atoms with E-state index in [1.807, 2.05) is 12.1 Å². The van der Waals surface area contributed by atoms with Gasteiger partial charge in [0, 0.05) is 16.6 Å². The highest BCUT2D eigenvalue weighted by Gasteiger charge is 2.14. The average Bonchev–Trinajstić information content (AvgIpc) is 2.34. The fourth-order valence-electron chi connectivity index (χ4n) is 1.95. The van der Waals surface area contributed by atoms with E-state index in [0.29, 0.717) is 6.04 Å². The van der Waals surface area contributed by atoms with Crippen LogP contribution < -0.4 is 10.1 Å². The molecule has 0 saturated heterocycles. The molecule has 0 fully saturated rings. The molecule has 0 aliphatic rings. The van der Waals surface area contributed by atoms with Crippen LogP contribution in [0, 0.1) is 0 Å². The third-order valence-corrected chi connectivity index (χ3v) is 3.02. The maximum atomic E-state index is 5.98. The van der Waals surface area contributed by atoms with Gasteiger partial charge in [-0.3, -0.25) is 0 Å². The smallest absolute Gasteiger partial charge is 0.125 e. The van der Waals surface area contributed by atoms with Gasteiger partial charge in [-0.25, -0.2) is 0 Å². The number of nitrogens with one attached hydrogen (secondary N) is 1. The van der Waals surface area contributed by atoms with E-state index in [4.69, 9.17) is 16.3 Å². The molecule has 1 atom stereocenters. The topological polar surface area (TPSA) is 21.3 Å². The number of benzene rings is 1. The van der Waals surface area contributed by atoms with Crippen LogP contribution in [0.2, 0.25) is 5.02 Å². The van der Waals surface area contributed by atoms with Crippen molar-refractivity contribution < 1.29 is 4.74 Å². The lowest BCUT2D eigenvalue weighted by Gasteiger charge is -2.20. The zero-order chi connectivity index (χ0) is 12.7. The van der Waals surface area contributed by atoms with E-state index in [9.17, 15) is 0 Å². The van der Waals surface area contributed by atoms with Crippen LogP contribution in [-0.2, 0) is 0 Å². The molecule has 0 radical (unpaired) electrons. The third-order valence-electron chi connectivity index (χ3n) is 2.79. The van der Waals surface area contributed by atoms with Gasteiger partial charge in [-0.2, -0.15) is 0 Å². The number of rotatable bonds is 7. The molecule has 1 aromatic carbocycles. The first-order valence-corrected chi connectivity index (χ1v) is 6.67. The predicted octanol–water partition coefficient (Wildman–Crippen LogP) is 4.19. The molecule has 0 heterocycles. The van der Waals surface area contributed by atoms with E-state index in [1.54, 1.807) is 7.11 Å². The van der Waals surface area contributed by atoms with Crippen LogP contribution in [-0.4, -0.2) is 13.7 Å². The Hall–Kier alpha value is -0.730. The molecule has 0 aliphatic carbocycles. The molecule has 96 valence electrons. The average molecular weight is 256 g/mol. The molecule has 2 nitrogen and oxygen atoms in total. The Morgan fingerprint density at radius 3 is 2.65 bits per heavy atom. The minimum Gasteiger partial charge on any atom is -0.496 e. The molecule has 0 bridgehead atoms. The van der Waals surface area contributed by atoms with Gasteiger partial charge in [0.05, 0.1) is 7.11 Å². The second-order valence-corrected chi connectivity index (χ2v) is 4.62. The highest BCUT2D eigenvalue weighted by atomic mass is 35.5. The molecule has 0 amide bonds. The number of methoxy groups -OCH3 is 1. The summed E-state index contributed by atoms with van der Waals surface area (Å²) >= 11 is 5.98. The van der Waals surface area contributed by atoms with Gasteiger partial charge in [0.1, 0.15) is 5.75 Å². The summed E-state index contributed by atoms with van der Waals surface area (Å²) in [6, 6.07) is 6.22. The maximum absolute atomic E-state index is 5.98. The van der Waals surface area contributed by atoms with Gasteiger partial charge in [0.2, 0.25) is 0 Å². The van der Waals surface area contributed by atoms with Crippen LogP contribution in [0.3, 0.4) is 0 Å². The van der Waals surface area contributed by atoms with Crippen molar-refractivity contribution in [3.8, 4) is 5.75 Å². The van der Waals surface area contributed by atoms with Gasteiger partial charge in [-0.1, -0.05) is 37.9 Å². The van der Waals surface area contributed by atoms with Crippen LogP contribution in [0.15, 0.2) is 18.2 Å². The van der Waals surface area contributed by atoms with E-state index in [1.165, 1.54) is 5.56 Å². The highest BCUT2D eigenvalue weighted by molar-refractivity contribution is 6.30. The first-order valence-electron chi connectivity index (χ1n) is 6.29. The number of hydrogen-bond donors (Lipinski definition) is 1. The van der Waals surface area contributed by atoms with Crippen LogP contribution in [0.25, 0.3) is 0 Å². The Morgan fingerprint density at radius 1 is 1.29 bits per heavy atom. The fourth-order valence-corrected chi connectivity index (χ4v) is 2.11. The summed E-state index contributed by atoms with van der Waals surface area (Å²) in [4.78, 5) is 0. The van der Waals surface area contributed by atoms with Gasteiger partial charge >= 0.3 is 0 Å². The van der Waals surface area contributed by atoms with Crippen molar-refractivity contribution in [1.82, 2.24) is 5.32 Å². The summed E-state index contributed by atoms with van der Waals surface area (Å²) in [5.74, 6) is 0.875. The molecule has 1 N–H and O–H groups in total. The van der Waals surface area contributed by atoms with Crippen molar-refractivity contribution in [2.75, 3.05) is 13.7 Å². The lowest BCUT2D eigenvalue weighted by molar-refractivity contribution is 0.394. The van der Waals surface area contributed by atoms with Gasteiger partial charge < -0.3 is 10.1 Å². The second kappa shape index (κ2) is 7.57. The summed E-state index contributed by atoms with van der Waals surface area (Å²) < 4.78 is 5.41. The number of halogens is 1. The van der Waals surface area contributed by atoms with E-state index < -0.39 is 0 Å². The predicted molar refractivity (Wildman–Crippen MR) is 73.9 cm³/mol. The van der Waals surface area contributed by atoms with Crippen molar-refractivity contribution in [2.24, 2.45) is 0 Å². The molecule has 17 heavy (non-hydrogen) atoms. The Labute approximate surface area is 109 Å². The first-order chi connectivity index (χ1) is 8.22. The normalized spacial score (nSPS) is 12.5. The monoisotopic (exact) mass is 255 g/mol. The number of hydrogen-bond acceptors (Lipinski definition) is 2. The minimum absolute atomic E-state index is 0.354.